The number of aliphatic imine (C=N–C) groups is 1. The Morgan fingerprint density at radius 3 is 2.96 bits per heavy atom. The van der Waals surface area contributed by atoms with Crippen LogP contribution in [0.2, 0.25) is 0 Å². The third kappa shape index (κ3) is 4.71. The number of nitrogens with two attached hydrogens (primary N) is 1. The van der Waals surface area contributed by atoms with E-state index in [0.29, 0.717) is 19.1 Å². The maximum absolute atomic E-state index is 6.01. The zero-order valence-corrected chi connectivity index (χ0v) is 15.6. The van der Waals surface area contributed by atoms with E-state index in [4.69, 9.17) is 19.9 Å². The van der Waals surface area contributed by atoms with Gasteiger partial charge in [0.05, 0.1) is 20.3 Å². The number of anilines is 1. The summed E-state index contributed by atoms with van der Waals surface area (Å²) in [4.78, 5) is 4.35. The van der Waals surface area contributed by atoms with Gasteiger partial charge in [-0.3, -0.25) is 4.99 Å². The highest BCUT2D eigenvalue weighted by Crippen LogP contribution is 2.39. The van der Waals surface area contributed by atoms with E-state index in [0.717, 1.165) is 24.3 Å². The molecule has 23 heavy (non-hydrogen) atoms. The summed E-state index contributed by atoms with van der Waals surface area (Å²) < 4.78 is 17.0. The highest BCUT2D eigenvalue weighted by Gasteiger charge is 2.43. The Hall–Kier alpha value is -1.06. The van der Waals surface area contributed by atoms with E-state index >= 15 is 0 Å². The van der Waals surface area contributed by atoms with Gasteiger partial charge in [0.25, 0.3) is 0 Å². The third-order valence-corrected chi connectivity index (χ3v) is 4.09. The van der Waals surface area contributed by atoms with Crippen LogP contribution in [0.15, 0.2) is 29.3 Å². The lowest BCUT2D eigenvalue weighted by Gasteiger charge is -2.21. The molecule has 1 aliphatic carbocycles. The first-order valence-electron chi connectivity index (χ1n) is 7.72. The maximum Gasteiger partial charge on any atom is 0.193 e. The number of guanidine groups is 1. The lowest BCUT2D eigenvalue weighted by Crippen LogP contribution is -2.28. The molecule has 0 amide bonds. The molecule has 2 aliphatic rings. The van der Waals surface area contributed by atoms with Crippen LogP contribution >= 0.6 is 24.0 Å². The molecule has 1 aromatic carbocycles. The van der Waals surface area contributed by atoms with Gasteiger partial charge in [-0.05, 0) is 25.0 Å². The van der Waals surface area contributed by atoms with Gasteiger partial charge in [-0.1, -0.05) is 6.07 Å². The highest BCUT2D eigenvalue weighted by molar-refractivity contribution is 14.0. The average molecular weight is 433 g/mol. The Morgan fingerprint density at radius 2 is 2.22 bits per heavy atom. The van der Waals surface area contributed by atoms with Crippen molar-refractivity contribution in [2.45, 2.75) is 37.6 Å². The molecule has 0 bridgehead atoms. The molecular formula is C16H24IN3O3. The number of nitrogens with one attached hydrogen (secondary N) is 1. The van der Waals surface area contributed by atoms with Gasteiger partial charge in [-0.15, -0.1) is 24.0 Å². The summed E-state index contributed by atoms with van der Waals surface area (Å²) in [6.45, 7) is 1.10. The maximum atomic E-state index is 6.01. The molecule has 128 valence electrons. The van der Waals surface area contributed by atoms with E-state index in [9.17, 15) is 0 Å². The van der Waals surface area contributed by atoms with Crippen molar-refractivity contribution in [3.05, 3.63) is 24.3 Å². The van der Waals surface area contributed by atoms with E-state index in [1.807, 2.05) is 24.3 Å². The number of rotatable bonds is 4. The van der Waals surface area contributed by atoms with Crippen LogP contribution in [0.5, 0.6) is 5.75 Å². The lowest BCUT2D eigenvalue weighted by molar-refractivity contribution is -0.160. The lowest BCUT2D eigenvalue weighted by atomic mass is 10.2. The van der Waals surface area contributed by atoms with Crippen molar-refractivity contribution in [1.82, 2.24) is 0 Å². The minimum absolute atomic E-state index is 0. The highest BCUT2D eigenvalue weighted by atomic mass is 127. The second-order valence-corrected chi connectivity index (χ2v) is 5.75. The van der Waals surface area contributed by atoms with Crippen molar-refractivity contribution >= 4 is 35.6 Å². The SMILES string of the molecule is COc1cccc(NC(N)=NCC2COC3(CCCC3)O2)c1.I. The van der Waals surface area contributed by atoms with Crippen molar-refractivity contribution in [3.63, 3.8) is 0 Å². The van der Waals surface area contributed by atoms with Crippen molar-refractivity contribution in [2.75, 3.05) is 25.6 Å². The summed E-state index contributed by atoms with van der Waals surface area (Å²) in [5.41, 5.74) is 6.77. The first-order valence-corrected chi connectivity index (χ1v) is 7.72. The van der Waals surface area contributed by atoms with E-state index in [-0.39, 0.29) is 35.9 Å². The second kappa shape index (κ2) is 8.16. The average Bonchev–Trinajstić information content (AvgIpc) is 3.16. The molecule has 0 aromatic heterocycles. The molecule has 0 radical (unpaired) electrons. The van der Waals surface area contributed by atoms with Crippen molar-refractivity contribution in [2.24, 2.45) is 10.7 Å². The number of nitrogens with zero attached hydrogens (tertiary/aromatic N) is 1. The molecule has 1 saturated heterocycles. The standard InChI is InChI=1S/C16H23N3O3.HI/c1-20-13-6-4-5-12(9-13)19-15(17)18-10-14-11-21-16(22-14)7-2-3-8-16;/h4-6,9,14H,2-3,7-8,10-11H2,1H3,(H3,17,18,19);1H. The van der Waals surface area contributed by atoms with E-state index in [1.54, 1.807) is 7.11 Å². The van der Waals surface area contributed by atoms with Crippen LogP contribution in [0.3, 0.4) is 0 Å². The molecule has 1 heterocycles. The predicted octanol–water partition coefficient (Wildman–Crippen LogP) is 2.73. The zero-order valence-electron chi connectivity index (χ0n) is 13.3. The Labute approximate surface area is 153 Å². The van der Waals surface area contributed by atoms with Gasteiger partial charge >= 0.3 is 0 Å². The summed E-state index contributed by atoms with van der Waals surface area (Å²) in [6.07, 6.45) is 4.32. The molecule has 1 unspecified atom stereocenters. The molecule has 3 rings (SSSR count). The van der Waals surface area contributed by atoms with Crippen LogP contribution in [-0.4, -0.2) is 38.1 Å². The fourth-order valence-corrected chi connectivity index (χ4v) is 2.97. The molecule has 7 heteroatoms. The molecule has 1 atom stereocenters. The normalized spacial score (nSPS) is 22.8. The van der Waals surface area contributed by atoms with Gasteiger partial charge in [0.1, 0.15) is 11.9 Å². The van der Waals surface area contributed by atoms with E-state index < -0.39 is 0 Å². The number of halogens is 1. The minimum atomic E-state index is -0.338. The number of hydrogen-bond donors (Lipinski definition) is 2. The van der Waals surface area contributed by atoms with Crippen molar-refractivity contribution < 1.29 is 14.2 Å². The molecule has 1 aliphatic heterocycles. The van der Waals surface area contributed by atoms with E-state index in [2.05, 4.69) is 10.3 Å². The van der Waals surface area contributed by atoms with Gasteiger partial charge in [0.15, 0.2) is 11.7 Å². The molecule has 2 fully saturated rings. The smallest absolute Gasteiger partial charge is 0.193 e. The second-order valence-electron chi connectivity index (χ2n) is 5.75. The monoisotopic (exact) mass is 433 g/mol. The first-order chi connectivity index (χ1) is 10.7. The molecular weight excluding hydrogens is 409 g/mol. The third-order valence-electron chi connectivity index (χ3n) is 4.09. The van der Waals surface area contributed by atoms with Crippen LogP contribution in [0, 0.1) is 0 Å². The van der Waals surface area contributed by atoms with Gasteiger partial charge in [0, 0.05) is 24.6 Å². The van der Waals surface area contributed by atoms with Crippen molar-refractivity contribution in [1.29, 1.82) is 0 Å². The number of methoxy groups -OCH3 is 1. The summed E-state index contributed by atoms with van der Waals surface area (Å²) in [7, 11) is 1.63. The van der Waals surface area contributed by atoms with Crippen LogP contribution in [0.4, 0.5) is 5.69 Å². The Bertz CT molecular complexity index is 547. The topological polar surface area (TPSA) is 78.1 Å². The summed E-state index contributed by atoms with van der Waals surface area (Å²) >= 11 is 0. The van der Waals surface area contributed by atoms with Crippen LogP contribution in [-0.2, 0) is 9.47 Å². The molecule has 1 aromatic rings. The summed E-state index contributed by atoms with van der Waals surface area (Å²) in [5, 5.41) is 3.05. The largest absolute Gasteiger partial charge is 0.497 e. The Balaban J connectivity index is 0.00000192. The molecule has 3 N–H and O–H groups in total. The zero-order chi connectivity index (χ0) is 15.4. The van der Waals surface area contributed by atoms with Crippen LogP contribution < -0.4 is 15.8 Å². The summed E-state index contributed by atoms with van der Waals surface area (Å²) in [5.74, 6) is 0.799. The number of benzene rings is 1. The van der Waals surface area contributed by atoms with Gasteiger partial charge in [-0.25, -0.2) is 0 Å². The Morgan fingerprint density at radius 1 is 1.43 bits per heavy atom. The minimum Gasteiger partial charge on any atom is -0.497 e. The fourth-order valence-electron chi connectivity index (χ4n) is 2.97. The van der Waals surface area contributed by atoms with Gasteiger partial charge < -0.3 is 25.3 Å². The van der Waals surface area contributed by atoms with Crippen LogP contribution in [0.1, 0.15) is 25.7 Å². The quantitative estimate of drug-likeness (QED) is 0.434. The number of ether oxygens (including phenoxy) is 3. The first kappa shape index (κ1) is 18.3. The predicted molar refractivity (Wildman–Crippen MR) is 101 cm³/mol. The molecule has 1 saturated carbocycles. The Kier molecular flexibility index (Phi) is 6.49. The van der Waals surface area contributed by atoms with Crippen LogP contribution in [0.25, 0.3) is 0 Å². The fraction of sp³-hybridized carbons (Fsp3) is 0.562. The van der Waals surface area contributed by atoms with Gasteiger partial charge in [-0.2, -0.15) is 0 Å². The summed E-state index contributed by atoms with van der Waals surface area (Å²) in [6, 6.07) is 7.55. The molecule has 1 spiro atoms. The number of hydrogen-bond acceptors (Lipinski definition) is 4. The van der Waals surface area contributed by atoms with Gasteiger partial charge in [0.2, 0.25) is 0 Å². The molecule has 6 nitrogen and oxygen atoms in total. The van der Waals surface area contributed by atoms with E-state index in [1.165, 1.54) is 12.8 Å². The van der Waals surface area contributed by atoms with Crippen molar-refractivity contribution in [3.8, 4) is 5.75 Å².